The first-order valence-corrected chi connectivity index (χ1v) is 16.5. The minimum absolute atomic E-state index is 0.118. The first-order chi connectivity index (χ1) is 25.3. The summed E-state index contributed by atoms with van der Waals surface area (Å²) in [6.45, 7) is 12.4. The normalized spacial score (nSPS) is 11.9. The molecule has 0 bridgehead atoms. The van der Waals surface area contributed by atoms with Gasteiger partial charge in [-0.1, -0.05) is 111 Å². The molecule has 5 rings (SSSR count). The van der Waals surface area contributed by atoms with Crippen molar-refractivity contribution in [1.82, 2.24) is 0 Å². The molecular weight excluding hydrogens is 656 g/mol. The number of carbonyl (C=O) groups is 2. The van der Waals surface area contributed by atoms with Crippen molar-refractivity contribution in [2.45, 2.75) is 18.4 Å². The van der Waals surface area contributed by atoms with E-state index in [1.807, 2.05) is 103 Å². The quantitative estimate of drug-likeness (QED) is 0.0313. The molecule has 5 aromatic rings. The average Bonchev–Trinajstić information content (AvgIpc) is 3.20. The molecule has 0 aliphatic rings. The highest BCUT2D eigenvalue weighted by Gasteiger charge is 2.31. The molecule has 0 aliphatic heterocycles. The van der Waals surface area contributed by atoms with Gasteiger partial charge in [-0.3, -0.25) is 0 Å². The lowest BCUT2D eigenvalue weighted by Gasteiger charge is -2.32. The third-order valence-corrected chi connectivity index (χ3v) is 7.84. The van der Waals surface area contributed by atoms with Crippen LogP contribution in [-0.4, -0.2) is 38.0 Å². The van der Waals surface area contributed by atoms with E-state index in [4.69, 9.17) is 23.7 Å². The number of benzene rings is 5. The molecule has 0 fully saturated rings. The minimum atomic E-state index is -0.621. The monoisotopic (exact) mass is 698 g/mol. The number of ether oxygens (including phenoxy) is 6. The van der Waals surface area contributed by atoms with Gasteiger partial charge in [-0.2, -0.15) is 0 Å². The van der Waals surface area contributed by atoms with Crippen LogP contribution in [0.5, 0.6) is 23.0 Å². The number of hydrogen-bond donors (Lipinski definition) is 0. The van der Waals surface area contributed by atoms with Crippen LogP contribution < -0.4 is 18.9 Å². The first-order valence-electron chi connectivity index (χ1n) is 16.5. The van der Waals surface area contributed by atoms with Crippen molar-refractivity contribution in [3.63, 3.8) is 0 Å². The van der Waals surface area contributed by atoms with Gasteiger partial charge in [0.25, 0.3) is 0 Å². The molecule has 0 saturated carbocycles. The van der Waals surface area contributed by atoms with Crippen LogP contribution in [0.25, 0.3) is 0 Å². The van der Waals surface area contributed by atoms with Gasteiger partial charge in [-0.15, -0.1) is 0 Å². The fourth-order valence-electron chi connectivity index (χ4n) is 5.08. The Morgan fingerprint density at radius 2 is 0.923 bits per heavy atom. The predicted octanol–water partition coefficient (Wildman–Crippen LogP) is 8.87. The zero-order chi connectivity index (χ0) is 37.0. The van der Waals surface area contributed by atoms with Gasteiger partial charge in [0.15, 0.2) is 6.10 Å². The number of para-hydroxylation sites is 2. The Hall–Kier alpha value is -6.54. The zero-order valence-corrected chi connectivity index (χ0v) is 29.1. The maximum absolute atomic E-state index is 11.9. The molecule has 8 nitrogen and oxygen atoms in total. The van der Waals surface area contributed by atoms with Crippen LogP contribution in [-0.2, 0) is 24.5 Å². The fourth-order valence-corrected chi connectivity index (χ4v) is 5.08. The van der Waals surface area contributed by atoms with E-state index < -0.39 is 23.5 Å². The van der Waals surface area contributed by atoms with Gasteiger partial charge >= 0.3 is 11.9 Å². The van der Waals surface area contributed by atoms with Crippen molar-refractivity contribution in [2.24, 2.45) is 0 Å². The second kappa shape index (κ2) is 20.2. The Bertz CT molecular complexity index is 1840. The van der Waals surface area contributed by atoms with Gasteiger partial charge in [0.2, 0.25) is 6.79 Å². The van der Waals surface area contributed by atoms with Gasteiger partial charge in [0.1, 0.15) is 36.2 Å². The molecule has 52 heavy (non-hydrogen) atoms. The predicted molar refractivity (Wildman–Crippen MR) is 201 cm³/mol. The molecule has 0 N–H and O–H groups in total. The second-order valence-electron chi connectivity index (χ2n) is 11.3. The van der Waals surface area contributed by atoms with E-state index in [1.54, 1.807) is 0 Å². The number of hydrogen-bond acceptors (Lipinski definition) is 8. The van der Waals surface area contributed by atoms with Gasteiger partial charge in [0.05, 0.1) is 6.26 Å². The van der Waals surface area contributed by atoms with E-state index in [1.165, 1.54) is 0 Å². The van der Waals surface area contributed by atoms with Crippen LogP contribution in [0.1, 0.15) is 23.6 Å². The summed E-state index contributed by atoms with van der Waals surface area (Å²) in [5, 5.41) is 0. The van der Waals surface area contributed by atoms with Crippen molar-refractivity contribution in [2.75, 3.05) is 20.0 Å². The van der Waals surface area contributed by atoms with E-state index >= 15 is 0 Å². The van der Waals surface area contributed by atoms with Gasteiger partial charge in [-0.05, 0) is 72.1 Å². The number of esters is 2. The maximum Gasteiger partial charge on any atom is 0.334 e. The SMILES string of the molecule is C=CC(=O)OC(COc1ccccc1)COc1ccc(C(C)(c2ccccc2)c2ccc(OCOc3ccccc3)cc2)cc1.C=COC(=O)C=C. The molecule has 0 spiro atoms. The summed E-state index contributed by atoms with van der Waals surface area (Å²) < 4.78 is 33.0. The van der Waals surface area contributed by atoms with Crippen LogP contribution in [0.2, 0.25) is 0 Å². The highest BCUT2D eigenvalue weighted by atomic mass is 16.7. The van der Waals surface area contributed by atoms with Crippen molar-refractivity contribution in [3.8, 4) is 23.0 Å². The Morgan fingerprint density at radius 1 is 0.538 bits per heavy atom. The van der Waals surface area contributed by atoms with Crippen LogP contribution in [0.15, 0.2) is 178 Å². The van der Waals surface area contributed by atoms with Crippen LogP contribution >= 0.6 is 0 Å². The Balaban J connectivity index is 0.000000785. The highest BCUT2D eigenvalue weighted by molar-refractivity contribution is 5.81. The molecule has 2 atom stereocenters. The molecule has 2 unspecified atom stereocenters. The molecule has 0 aliphatic carbocycles. The third kappa shape index (κ3) is 11.5. The van der Waals surface area contributed by atoms with Crippen LogP contribution in [0, 0.1) is 0 Å². The molecule has 5 aromatic carbocycles. The summed E-state index contributed by atoms with van der Waals surface area (Å²) in [5.41, 5.74) is 2.89. The lowest BCUT2D eigenvalue weighted by molar-refractivity contribution is -0.146. The maximum atomic E-state index is 11.9. The summed E-state index contributed by atoms with van der Waals surface area (Å²) in [6, 6.07) is 45.4. The zero-order valence-electron chi connectivity index (χ0n) is 29.1. The van der Waals surface area contributed by atoms with E-state index in [9.17, 15) is 9.59 Å². The van der Waals surface area contributed by atoms with Crippen molar-refractivity contribution >= 4 is 11.9 Å². The average molecular weight is 699 g/mol. The summed E-state index contributed by atoms with van der Waals surface area (Å²) in [6.07, 6.45) is 2.64. The molecule has 0 amide bonds. The van der Waals surface area contributed by atoms with E-state index in [0.717, 1.165) is 46.6 Å². The van der Waals surface area contributed by atoms with E-state index in [0.29, 0.717) is 11.5 Å². The largest absolute Gasteiger partial charge is 0.490 e. The standard InChI is InChI=1S/C39H36O6.C5H6O2/c1-3-38(40)45-37(27-41-33-15-9-5-10-16-33)28-42-35-23-19-31(20-24-35)39(2,30-13-7-4-8-14-30)32-21-25-36(26-22-32)44-29-43-34-17-11-6-12-18-34;1-3-5(6)7-4-2/h3-26,37H,1,27-29H2,2H3;3-4H,1-2H2. The Labute approximate surface area is 305 Å². The second-order valence-corrected chi connectivity index (χ2v) is 11.3. The topological polar surface area (TPSA) is 89.5 Å². The molecule has 0 radical (unpaired) electrons. The molecule has 0 heterocycles. The molecule has 0 saturated heterocycles. The van der Waals surface area contributed by atoms with Crippen molar-refractivity contribution in [3.05, 3.63) is 194 Å². The van der Waals surface area contributed by atoms with Gasteiger partial charge in [-0.25, -0.2) is 9.59 Å². The minimum Gasteiger partial charge on any atom is -0.490 e. The summed E-state index contributed by atoms with van der Waals surface area (Å²) in [5.74, 6) is 1.80. The first kappa shape index (κ1) is 38.3. The Kier molecular flexibility index (Phi) is 14.9. The van der Waals surface area contributed by atoms with Crippen LogP contribution in [0.4, 0.5) is 0 Å². The number of carbonyl (C=O) groups excluding carboxylic acids is 2. The molecule has 0 aromatic heterocycles. The summed E-state index contributed by atoms with van der Waals surface area (Å²) in [7, 11) is 0. The van der Waals surface area contributed by atoms with Crippen LogP contribution in [0.3, 0.4) is 0 Å². The van der Waals surface area contributed by atoms with Crippen molar-refractivity contribution < 1.29 is 38.0 Å². The van der Waals surface area contributed by atoms with Gasteiger partial charge < -0.3 is 28.4 Å². The summed E-state index contributed by atoms with van der Waals surface area (Å²) in [4.78, 5) is 21.9. The van der Waals surface area contributed by atoms with Gasteiger partial charge in [0, 0.05) is 17.6 Å². The summed E-state index contributed by atoms with van der Waals surface area (Å²) >= 11 is 0. The third-order valence-electron chi connectivity index (χ3n) is 7.84. The lowest BCUT2D eigenvalue weighted by atomic mass is 9.71. The molecule has 266 valence electrons. The smallest absolute Gasteiger partial charge is 0.334 e. The van der Waals surface area contributed by atoms with Crippen molar-refractivity contribution in [1.29, 1.82) is 0 Å². The highest BCUT2D eigenvalue weighted by Crippen LogP contribution is 2.40. The molecular formula is C44H42O8. The molecule has 8 heteroatoms. The Morgan fingerprint density at radius 3 is 1.35 bits per heavy atom. The lowest BCUT2D eigenvalue weighted by Crippen LogP contribution is -2.30. The fraction of sp³-hybridized carbons (Fsp3) is 0.136. The van der Waals surface area contributed by atoms with E-state index in [2.05, 4.69) is 67.8 Å². The number of rotatable bonds is 17. The van der Waals surface area contributed by atoms with E-state index in [-0.39, 0.29) is 20.0 Å².